The van der Waals surface area contributed by atoms with Crippen LogP contribution in [0.25, 0.3) is 5.52 Å². The maximum atomic E-state index is 13.1. The van der Waals surface area contributed by atoms with Gasteiger partial charge < -0.3 is 14.5 Å². The number of carbonyl (C=O) groups excluding carboxylic acids is 1. The Kier molecular flexibility index (Phi) is 5.70. The SMILES string of the molecule is CC(C)c1ncc2c(=O)n3c(nn12)N(CC1CCN(C(=O)OC(C)(C)C)CC1)CCC3. The van der Waals surface area contributed by atoms with Gasteiger partial charge in [0.15, 0.2) is 5.52 Å². The molecule has 2 aliphatic heterocycles. The van der Waals surface area contributed by atoms with Gasteiger partial charge in [0.05, 0.1) is 6.20 Å². The molecule has 9 heteroatoms. The maximum absolute atomic E-state index is 13.1. The summed E-state index contributed by atoms with van der Waals surface area (Å²) in [6.45, 7) is 13.6. The van der Waals surface area contributed by atoms with E-state index >= 15 is 0 Å². The molecule has 0 radical (unpaired) electrons. The number of piperidine rings is 1. The van der Waals surface area contributed by atoms with Crippen molar-refractivity contribution in [2.45, 2.75) is 71.9 Å². The van der Waals surface area contributed by atoms with Crippen LogP contribution < -0.4 is 10.5 Å². The molecule has 2 aromatic rings. The lowest BCUT2D eigenvalue weighted by Gasteiger charge is -2.37. The van der Waals surface area contributed by atoms with Gasteiger partial charge in [-0.2, -0.15) is 0 Å². The number of nitrogens with zero attached hydrogens (tertiary/aromatic N) is 6. The first-order valence-corrected chi connectivity index (χ1v) is 11.4. The van der Waals surface area contributed by atoms with Gasteiger partial charge in [0, 0.05) is 38.6 Å². The highest BCUT2D eigenvalue weighted by molar-refractivity contribution is 5.68. The van der Waals surface area contributed by atoms with Crippen molar-refractivity contribution >= 4 is 17.6 Å². The Labute approximate surface area is 183 Å². The normalized spacial score (nSPS) is 18.0. The van der Waals surface area contributed by atoms with Crippen LogP contribution in [0.2, 0.25) is 0 Å². The van der Waals surface area contributed by atoms with E-state index in [0.717, 1.165) is 44.1 Å². The number of imidazole rings is 1. The molecule has 9 nitrogen and oxygen atoms in total. The van der Waals surface area contributed by atoms with Crippen LogP contribution in [0.15, 0.2) is 11.0 Å². The van der Waals surface area contributed by atoms with Crippen molar-refractivity contribution in [2.24, 2.45) is 5.92 Å². The number of anilines is 1. The summed E-state index contributed by atoms with van der Waals surface area (Å²) in [7, 11) is 0. The fourth-order valence-electron chi connectivity index (χ4n) is 4.44. The molecule has 31 heavy (non-hydrogen) atoms. The fourth-order valence-corrected chi connectivity index (χ4v) is 4.44. The standard InChI is InChI=1S/C22H34N6O3/c1-15(2)18-23-13-17-19(29)27-10-6-9-26(20(27)24-28(17)18)14-16-7-11-25(12-8-16)21(30)31-22(3,4)5/h13,15-16H,6-12,14H2,1-5H3. The van der Waals surface area contributed by atoms with Crippen molar-refractivity contribution in [3.8, 4) is 0 Å². The minimum atomic E-state index is -0.474. The molecule has 4 rings (SSSR count). The molecule has 0 N–H and O–H groups in total. The highest BCUT2D eigenvalue weighted by atomic mass is 16.6. The summed E-state index contributed by atoms with van der Waals surface area (Å²) in [5.74, 6) is 2.18. The molecule has 0 bridgehead atoms. The lowest BCUT2D eigenvalue weighted by Crippen LogP contribution is -2.46. The van der Waals surface area contributed by atoms with E-state index in [1.807, 2.05) is 20.8 Å². The molecule has 0 aromatic carbocycles. The predicted octanol–water partition coefficient (Wildman–Crippen LogP) is 2.87. The highest BCUT2D eigenvalue weighted by Crippen LogP contribution is 2.25. The third-order valence-electron chi connectivity index (χ3n) is 6.01. The Morgan fingerprint density at radius 1 is 1.19 bits per heavy atom. The van der Waals surface area contributed by atoms with Crippen molar-refractivity contribution in [1.29, 1.82) is 0 Å². The lowest BCUT2D eigenvalue weighted by atomic mass is 9.96. The van der Waals surface area contributed by atoms with Crippen LogP contribution >= 0.6 is 0 Å². The van der Waals surface area contributed by atoms with Gasteiger partial charge >= 0.3 is 6.09 Å². The van der Waals surface area contributed by atoms with Crippen LogP contribution in [0.1, 0.15) is 65.6 Å². The molecule has 170 valence electrons. The van der Waals surface area contributed by atoms with E-state index in [4.69, 9.17) is 9.84 Å². The van der Waals surface area contributed by atoms with Gasteiger partial charge in [0.1, 0.15) is 11.4 Å². The van der Waals surface area contributed by atoms with Crippen LogP contribution in [0, 0.1) is 5.92 Å². The summed E-state index contributed by atoms with van der Waals surface area (Å²) in [4.78, 5) is 33.9. The number of likely N-dealkylation sites (tertiary alicyclic amines) is 1. The van der Waals surface area contributed by atoms with E-state index in [9.17, 15) is 9.59 Å². The largest absolute Gasteiger partial charge is 0.444 e. The molecule has 2 aromatic heterocycles. The van der Waals surface area contributed by atoms with Crippen LogP contribution in [0.3, 0.4) is 0 Å². The number of amides is 1. The number of fused-ring (bicyclic) bond motifs is 2. The van der Waals surface area contributed by atoms with E-state index in [1.54, 1.807) is 20.2 Å². The van der Waals surface area contributed by atoms with Gasteiger partial charge in [0.25, 0.3) is 5.56 Å². The molecule has 0 saturated carbocycles. The Morgan fingerprint density at radius 3 is 2.55 bits per heavy atom. The molecule has 4 heterocycles. The van der Waals surface area contributed by atoms with Crippen molar-refractivity contribution in [1.82, 2.24) is 24.1 Å². The van der Waals surface area contributed by atoms with Gasteiger partial charge in [-0.05, 0) is 46.0 Å². The molecule has 0 spiro atoms. The van der Waals surface area contributed by atoms with Gasteiger partial charge in [-0.1, -0.05) is 13.8 Å². The number of rotatable bonds is 3. The number of aromatic nitrogens is 4. The van der Waals surface area contributed by atoms with E-state index in [0.29, 0.717) is 31.1 Å². The first-order valence-electron chi connectivity index (χ1n) is 11.4. The Hall–Kier alpha value is -2.58. The van der Waals surface area contributed by atoms with Gasteiger partial charge in [-0.25, -0.2) is 14.3 Å². The third-order valence-corrected chi connectivity index (χ3v) is 6.01. The number of hydrogen-bond donors (Lipinski definition) is 0. The topological polar surface area (TPSA) is 85.0 Å². The smallest absolute Gasteiger partial charge is 0.410 e. The van der Waals surface area contributed by atoms with E-state index in [-0.39, 0.29) is 17.6 Å². The molecule has 1 amide bonds. The second kappa shape index (κ2) is 8.16. The number of carbonyl (C=O) groups is 1. The molecule has 1 saturated heterocycles. The third kappa shape index (κ3) is 4.41. The summed E-state index contributed by atoms with van der Waals surface area (Å²) < 4.78 is 9.02. The van der Waals surface area contributed by atoms with Crippen molar-refractivity contribution in [2.75, 3.05) is 31.1 Å². The Morgan fingerprint density at radius 2 is 1.90 bits per heavy atom. The minimum absolute atomic E-state index is 0.0196. The second-order valence-electron chi connectivity index (χ2n) is 10.0. The van der Waals surface area contributed by atoms with Gasteiger partial charge in [0.2, 0.25) is 5.95 Å². The Balaban J connectivity index is 1.49. The zero-order chi connectivity index (χ0) is 22.3. The van der Waals surface area contributed by atoms with Crippen LogP contribution in [-0.2, 0) is 11.3 Å². The first-order chi connectivity index (χ1) is 14.6. The monoisotopic (exact) mass is 430 g/mol. The lowest BCUT2D eigenvalue weighted by molar-refractivity contribution is 0.0186. The number of ether oxygens (including phenoxy) is 1. The quantitative estimate of drug-likeness (QED) is 0.744. The number of hydrogen-bond acceptors (Lipinski definition) is 6. The van der Waals surface area contributed by atoms with Crippen LogP contribution in [0.5, 0.6) is 0 Å². The predicted molar refractivity (Wildman–Crippen MR) is 119 cm³/mol. The molecular weight excluding hydrogens is 396 g/mol. The summed E-state index contributed by atoms with van der Waals surface area (Å²) in [6.07, 6.45) is 4.18. The average molecular weight is 431 g/mol. The molecule has 0 aliphatic carbocycles. The van der Waals surface area contributed by atoms with Crippen LogP contribution in [0.4, 0.5) is 10.7 Å². The molecular formula is C22H34N6O3. The van der Waals surface area contributed by atoms with Crippen molar-refractivity contribution < 1.29 is 9.53 Å². The highest BCUT2D eigenvalue weighted by Gasteiger charge is 2.30. The van der Waals surface area contributed by atoms with E-state index < -0.39 is 5.60 Å². The minimum Gasteiger partial charge on any atom is -0.444 e. The summed E-state index contributed by atoms with van der Waals surface area (Å²) in [6, 6.07) is 0. The average Bonchev–Trinajstić information content (AvgIpc) is 3.13. The Bertz CT molecular complexity index is 1010. The molecule has 2 aliphatic rings. The summed E-state index contributed by atoms with van der Waals surface area (Å²) in [5.41, 5.74) is 0.0477. The molecule has 0 unspecified atom stereocenters. The molecule has 1 fully saturated rings. The molecule has 0 atom stereocenters. The summed E-state index contributed by atoms with van der Waals surface area (Å²) >= 11 is 0. The maximum Gasteiger partial charge on any atom is 0.410 e. The van der Waals surface area contributed by atoms with Crippen molar-refractivity contribution in [3.63, 3.8) is 0 Å². The zero-order valence-electron chi connectivity index (χ0n) is 19.3. The second-order valence-corrected chi connectivity index (χ2v) is 10.0. The van der Waals surface area contributed by atoms with E-state index in [1.165, 1.54) is 0 Å². The summed E-state index contributed by atoms with van der Waals surface area (Å²) in [5, 5.41) is 4.85. The first kappa shape index (κ1) is 21.6. The van der Waals surface area contributed by atoms with Gasteiger partial charge in [-0.15, -0.1) is 5.10 Å². The fraction of sp³-hybridized carbons (Fsp3) is 0.727. The van der Waals surface area contributed by atoms with Crippen molar-refractivity contribution in [3.05, 3.63) is 22.4 Å². The van der Waals surface area contributed by atoms with Crippen LogP contribution in [-0.4, -0.2) is 61.9 Å². The van der Waals surface area contributed by atoms with E-state index in [2.05, 4.69) is 23.7 Å². The zero-order valence-corrected chi connectivity index (χ0v) is 19.3. The van der Waals surface area contributed by atoms with Gasteiger partial charge in [-0.3, -0.25) is 9.36 Å².